The molecule has 1 aliphatic carbocycles. The molecule has 0 saturated carbocycles. The van der Waals surface area contributed by atoms with Crippen molar-refractivity contribution in [2.24, 2.45) is 0 Å². The molecule has 1 aliphatic rings. The van der Waals surface area contributed by atoms with Crippen LogP contribution in [0.1, 0.15) is 71.4 Å². The third-order valence-electron chi connectivity index (χ3n) is 4.57. The Hall–Kier alpha value is -3.28. The van der Waals surface area contributed by atoms with Gasteiger partial charge in [-0.1, -0.05) is 38.1 Å². The summed E-state index contributed by atoms with van der Waals surface area (Å²) >= 11 is 0. The molecule has 6 heteroatoms. The SMILES string of the molecule is CCCC(=O)Nc1cccc2c1C(=O)c1cccc(NC(=O)CCC)c1C2=O. The van der Waals surface area contributed by atoms with Gasteiger partial charge in [0.1, 0.15) is 0 Å². The number of rotatable bonds is 6. The Balaban J connectivity index is 2.06. The van der Waals surface area contributed by atoms with Crippen LogP contribution in [-0.4, -0.2) is 23.4 Å². The summed E-state index contributed by atoms with van der Waals surface area (Å²) in [7, 11) is 0. The summed E-state index contributed by atoms with van der Waals surface area (Å²) in [5.74, 6) is -1.10. The number of hydrogen-bond donors (Lipinski definition) is 2. The van der Waals surface area contributed by atoms with Gasteiger partial charge in [-0.2, -0.15) is 0 Å². The predicted molar refractivity (Wildman–Crippen MR) is 107 cm³/mol. The number of ketones is 2. The zero-order chi connectivity index (χ0) is 20.3. The minimum absolute atomic E-state index is 0.196. The fourth-order valence-corrected chi connectivity index (χ4v) is 3.33. The van der Waals surface area contributed by atoms with Crippen molar-refractivity contribution in [1.29, 1.82) is 0 Å². The van der Waals surface area contributed by atoms with Crippen molar-refractivity contribution in [1.82, 2.24) is 0 Å². The highest BCUT2D eigenvalue weighted by Crippen LogP contribution is 2.35. The fraction of sp³-hybridized carbons (Fsp3) is 0.273. The van der Waals surface area contributed by atoms with Crippen molar-refractivity contribution >= 4 is 34.8 Å². The van der Waals surface area contributed by atoms with Gasteiger partial charge in [0, 0.05) is 24.0 Å². The second-order valence-electron chi connectivity index (χ2n) is 6.71. The van der Waals surface area contributed by atoms with Crippen LogP contribution < -0.4 is 10.6 Å². The summed E-state index contributed by atoms with van der Waals surface area (Å²) in [5, 5.41) is 5.47. The Morgan fingerprint density at radius 2 is 1.11 bits per heavy atom. The van der Waals surface area contributed by atoms with E-state index in [1.54, 1.807) is 36.4 Å². The molecular weight excluding hydrogens is 356 g/mol. The average molecular weight is 378 g/mol. The molecule has 28 heavy (non-hydrogen) atoms. The van der Waals surface area contributed by atoms with Crippen LogP contribution in [0.15, 0.2) is 36.4 Å². The van der Waals surface area contributed by atoms with Gasteiger partial charge in [-0.3, -0.25) is 19.2 Å². The van der Waals surface area contributed by atoms with Gasteiger partial charge in [-0.05, 0) is 25.0 Å². The summed E-state index contributed by atoms with van der Waals surface area (Å²) in [4.78, 5) is 50.4. The molecule has 6 nitrogen and oxygen atoms in total. The van der Waals surface area contributed by atoms with Crippen molar-refractivity contribution in [2.75, 3.05) is 10.6 Å². The highest BCUT2D eigenvalue weighted by Gasteiger charge is 2.34. The maximum absolute atomic E-state index is 13.2. The van der Waals surface area contributed by atoms with E-state index >= 15 is 0 Å². The van der Waals surface area contributed by atoms with Crippen molar-refractivity contribution in [2.45, 2.75) is 39.5 Å². The van der Waals surface area contributed by atoms with Crippen LogP contribution in [0, 0.1) is 0 Å². The number of amides is 2. The average Bonchev–Trinajstić information content (AvgIpc) is 2.66. The van der Waals surface area contributed by atoms with E-state index in [9.17, 15) is 19.2 Å². The van der Waals surface area contributed by atoms with Gasteiger partial charge in [0.2, 0.25) is 11.8 Å². The first-order valence-electron chi connectivity index (χ1n) is 9.43. The Morgan fingerprint density at radius 1 is 0.714 bits per heavy atom. The molecule has 0 bridgehead atoms. The van der Waals surface area contributed by atoms with Crippen molar-refractivity contribution in [3.05, 3.63) is 58.7 Å². The molecule has 2 aromatic carbocycles. The minimum Gasteiger partial charge on any atom is -0.325 e. The molecule has 2 aromatic rings. The standard InChI is InChI=1S/C22H22N2O4/c1-3-7-17(25)23-15-11-5-9-13-19(15)21(27)14-10-6-12-16(20(14)22(13)28)24-18(26)8-4-2/h5-6,9-12H,3-4,7-8H2,1-2H3,(H,23,25)(H,24,26). The predicted octanol–water partition coefficient (Wildman–Crippen LogP) is 3.94. The molecule has 2 amide bonds. The Kier molecular flexibility index (Phi) is 5.68. The highest BCUT2D eigenvalue weighted by molar-refractivity contribution is 6.32. The van der Waals surface area contributed by atoms with Gasteiger partial charge in [0.25, 0.3) is 0 Å². The van der Waals surface area contributed by atoms with Crippen LogP contribution in [0.2, 0.25) is 0 Å². The van der Waals surface area contributed by atoms with Crippen LogP contribution in [-0.2, 0) is 9.59 Å². The lowest BCUT2D eigenvalue weighted by molar-refractivity contribution is -0.117. The summed E-state index contributed by atoms with van der Waals surface area (Å²) in [6.45, 7) is 3.78. The molecule has 3 rings (SSSR count). The molecule has 0 aromatic heterocycles. The van der Waals surface area contributed by atoms with E-state index in [1.165, 1.54) is 0 Å². The normalized spacial score (nSPS) is 12.2. The molecule has 144 valence electrons. The number of carbonyl (C=O) groups is 4. The number of benzene rings is 2. The van der Waals surface area contributed by atoms with Crippen LogP contribution in [0.25, 0.3) is 0 Å². The van der Waals surface area contributed by atoms with E-state index in [0.717, 1.165) is 0 Å². The van der Waals surface area contributed by atoms with E-state index in [0.29, 0.717) is 37.1 Å². The quantitative estimate of drug-likeness (QED) is 0.679. The first-order valence-corrected chi connectivity index (χ1v) is 9.43. The zero-order valence-electron chi connectivity index (χ0n) is 15.9. The maximum atomic E-state index is 13.2. The summed E-state index contributed by atoms with van der Waals surface area (Å²) in [5.41, 5.74) is 1.51. The van der Waals surface area contributed by atoms with Gasteiger partial charge in [0.15, 0.2) is 11.6 Å². The van der Waals surface area contributed by atoms with E-state index < -0.39 is 0 Å². The lowest BCUT2D eigenvalue weighted by Gasteiger charge is -2.22. The van der Waals surface area contributed by atoms with Gasteiger partial charge >= 0.3 is 0 Å². The topological polar surface area (TPSA) is 92.3 Å². The fourth-order valence-electron chi connectivity index (χ4n) is 3.33. The lowest BCUT2D eigenvalue weighted by atomic mass is 9.82. The first kappa shape index (κ1) is 19.5. The van der Waals surface area contributed by atoms with Crippen LogP contribution in [0.3, 0.4) is 0 Å². The monoisotopic (exact) mass is 378 g/mol. The van der Waals surface area contributed by atoms with E-state index in [2.05, 4.69) is 10.6 Å². The van der Waals surface area contributed by atoms with Crippen LogP contribution in [0.5, 0.6) is 0 Å². The van der Waals surface area contributed by atoms with Crippen LogP contribution >= 0.6 is 0 Å². The third kappa shape index (κ3) is 3.58. The molecular formula is C22H22N2O4. The van der Waals surface area contributed by atoms with Crippen molar-refractivity contribution in [3.8, 4) is 0 Å². The number of fused-ring (bicyclic) bond motifs is 2. The van der Waals surface area contributed by atoms with E-state index in [1.807, 2.05) is 13.8 Å². The van der Waals surface area contributed by atoms with Gasteiger partial charge in [-0.15, -0.1) is 0 Å². The number of anilines is 2. The smallest absolute Gasteiger partial charge is 0.224 e. The molecule has 2 N–H and O–H groups in total. The summed E-state index contributed by atoms with van der Waals surface area (Å²) in [6, 6.07) is 9.64. The molecule has 0 heterocycles. The third-order valence-corrected chi connectivity index (χ3v) is 4.57. The molecule has 0 radical (unpaired) electrons. The number of nitrogens with one attached hydrogen (secondary N) is 2. The van der Waals surface area contributed by atoms with E-state index in [-0.39, 0.29) is 45.6 Å². The lowest BCUT2D eigenvalue weighted by Crippen LogP contribution is -2.25. The molecule has 0 fully saturated rings. The Labute approximate surface area is 163 Å². The van der Waals surface area contributed by atoms with Crippen molar-refractivity contribution < 1.29 is 19.2 Å². The largest absolute Gasteiger partial charge is 0.325 e. The van der Waals surface area contributed by atoms with Crippen LogP contribution in [0.4, 0.5) is 11.4 Å². The van der Waals surface area contributed by atoms with Gasteiger partial charge in [0.05, 0.1) is 22.5 Å². The second-order valence-corrected chi connectivity index (χ2v) is 6.71. The number of hydrogen-bond acceptors (Lipinski definition) is 4. The molecule has 0 unspecified atom stereocenters. The molecule has 0 atom stereocenters. The summed E-state index contributed by atoms with van der Waals surface area (Å²) < 4.78 is 0. The first-order chi connectivity index (χ1) is 13.5. The molecule has 0 saturated heterocycles. The van der Waals surface area contributed by atoms with Crippen molar-refractivity contribution in [3.63, 3.8) is 0 Å². The number of carbonyl (C=O) groups excluding carboxylic acids is 4. The minimum atomic E-state index is -0.344. The van der Waals surface area contributed by atoms with Gasteiger partial charge in [-0.25, -0.2) is 0 Å². The van der Waals surface area contributed by atoms with E-state index in [4.69, 9.17) is 0 Å². The maximum Gasteiger partial charge on any atom is 0.224 e. The molecule has 0 spiro atoms. The summed E-state index contributed by atoms with van der Waals surface area (Å²) in [6.07, 6.45) is 2.01. The second kappa shape index (κ2) is 8.17. The zero-order valence-corrected chi connectivity index (χ0v) is 15.9. The Morgan fingerprint density at radius 3 is 1.46 bits per heavy atom. The Bertz CT molecular complexity index is 899. The highest BCUT2D eigenvalue weighted by atomic mass is 16.2. The molecule has 0 aliphatic heterocycles. The van der Waals surface area contributed by atoms with Gasteiger partial charge < -0.3 is 10.6 Å².